The van der Waals surface area contributed by atoms with Gasteiger partial charge in [-0.3, -0.25) is 15.6 Å². The smallest absolute Gasteiger partial charge is 0.269 e. The number of hydrazine groups is 1. The van der Waals surface area contributed by atoms with Crippen molar-refractivity contribution < 1.29 is 31.5 Å². The first-order valence-electron chi connectivity index (χ1n) is 7.79. The van der Waals surface area contributed by atoms with Crippen molar-refractivity contribution in [2.75, 3.05) is 5.43 Å². The van der Waals surface area contributed by atoms with E-state index in [1.54, 1.807) is 29.7 Å². The fourth-order valence-electron chi connectivity index (χ4n) is 2.21. The Morgan fingerprint density at radius 3 is 1.75 bits per heavy atom. The van der Waals surface area contributed by atoms with Crippen LogP contribution in [0.5, 0.6) is 11.5 Å². The van der Waals surface area contributed by atoms with Gasteiger partial charge in [0.1, 0.15) is 17.2 Å². The molecule has 0 fully saturated rings. The quantitative estimate of drug-likeness (QED) is 0.279. The summed E-state index contributed by atoms with van der Waals surface area (Å²) in [5, 5.41) is 0. The first kappa shape index (κ1) is 19.2. The molecular formula is C19H11F5N2O2. The Hall–Kier alpha value is -3.62. The molecule has 0 aromatic heterocycles. The Morgan fingerprint density at radius 2 is 1.18 bits per heavy atom. The standard InChI is InChI=1S/C19H11F5N2O2/c20-13-14(21)16(23)18(17(24)15(13)22)25-26-19(27)10-6-8-12(9-7-10)28-11-4-2-1-3-5-11/h1-9,25H,(H,26,27). The van der Waals surface area contributed by atoms with E-state index in [0.717, 1.165) is 0 Å². The molecule has 144 valence electrons. The van der Waals surface area contributed by atoms with Crippen molar-refractivity contribution in [1.82, 2.24) is 5.43 Å². The fourth-order valence-corrected chi connectivity index (χ4v) is 2.21. The van der Waals surface area contributed by atoms with E-state index in [2.05, 4.69) is 0 Å². The van der Waals surface area contributed by atoms with Crippen molar-refractivity contribution in [3.05, 3.63) is 89.2 Å². The molecule has 3 rings (SSSR count). The minimum absolute atomic E-state index is 0.0526. The van der Waals surface area contributed by atoms with Crippen molar-refractivity contribution in [3.8, 4) is 11.5 Å². The molecular weight excluding hydrogens is 383 g/mol. The van der Waals surface area contributed by atoms with Crippen LogP contribution in [0.4, 0.5) is 27.6 Å². The topological polar surface area (TPSA) is 50.4 Å². The molecule has 0 aliphatic rings. The molecule has 9 heteroatoms. The number of para-hydroxylation sites is 1. The second kappa shape index (κ2) is 7.95. The maximum Gasteiger partial charge on any atom is 0.269 e. The molecule has 0 saturated carbocycles. The van der Waals surface area contributed by atoms with Crippen molar-refractivity contribution >= 4 is 11.6 Å². The van der Waals surface area contributed by atoms with E-state index in [4.69, 9.17) is 4.74 Å². The van der Waals surface area contributed by atoms with E-state index in [9.17, 15) is 26.7 Å². The molecule has 3 aromatic carbocycles. The number of nitrogens with one attached hydrogen (secondary N) is 2. The van der Waals surface area contributed by atoms with E-state index < -0.39 is 40.7 Å². The van der Waals surface area contributed by atoms with Gasteiger partial charge in [-0.05, 0) is 36.4 Å². The number of halogens is 5. The molecule has 3 aromatic rings. The minimum Gasteiger partial charge on any atom is -0.457 e. The van der Waals surface area contributed by atoms with Crippen LogP contribution in [0.25, 0.3) is 0 Å². The predicted molar refractivity (Wildman–Crippen MR) is 90.3 cm³/mol. The van der Waals surface area contributed by atoms with Crippen LogP contribution in [0.2, 0.25) is 0 Å². The Labute approximate surface area is 155 Å². The van der Waals surface area contributed by atoms with Gasteiger partial charge >= 0.3 is 0 Å². The number of carbonyl (C=O) groups excluding carboxylic acids is 1. The SMILES string of the molecule is O=C(NNc1c(F)c(F)c(F)c(F)c1F)c1ccc(Oc2ccccc2)cc1. The van der Waals surface area contributed by atoms with Crippen LogP contribution < -0.4 is 15.6 Å². The van der Waals surface area contributed by atoms with Gasteiger partial charge in [-0.1, -0.05) is 18.2 Å². The zero-order valence-corrected chi connectivity index (χ0v) is 13.9. The van der Waals surface area contributed by atoms with Crippen molar-refractivity contribution in [2.45, 2.75) is 0 Å². The Morgan fingerprint density at radius 1 is 0.679 bits per heavy atom. The number of benzene rings is 3. The lowest BCUT2D eigenvalue weighted by Crippen LogP contribution is -2.31. The molecule has 2 N–H and O–H groups in total. The van der Waals surface area contributed by atoms with Gasteiger partial charge in [0.05, 0.1) is 0 Å². The molecule has 0 saturated heterocycles. The molecule has 0 radical (unpaired) electrons. The molecule has 28 heavy (non-hydrogen) atoms. The van der Waals surface area contributed by atoms with Gasteiger partial charge in [-0.2, -0.15) is 0 Å². The third-order valence-corrected chi connectivity index (χ3v) is 3.61. The number of rotatable bonds is 5. The van der Waals surface area contributed by atoms with Crippen molar-refractivity contribution in [2.24, 2.45) is 0 Å². The highest BCUT2D eigenvalue weighted by Gasteiger charge is 2.26. The second-order valence-corrected chi connectivity index (χ2v) is 5.46. The van der Waals surface area contributed by atoms with Crippen LogP contribution >= 0.6 is 0 Å². The Bertz CT molecular complexity index is 982. The molecule has 1 amide bonds. The number of carbonyl (C=O) groups is 1. The second-order valence-electron chi connectivity index (χ2n) is 5.46. The lowest BCUT2D eigenvalue weighted by molar-refractivity contribution is 0.0962. The first-order valence-corrected chi connectivity index (χ1v) is 7.79. The van der Waals surface area contributed by atoms with E-state index in [1.165, 1.54) is 24.3 Å². The lowest BCUT2D eigenvalue weighted by atomic mass is 10.2. The van der Waals surface area contributed by atoms with Crippen LogP contribution in [-0.4, -0.2) is 5.91 Å². The average Bonchev–Trinajstić information content (AvgIpc) is 2.72. The summed E-state index contributed by atoms with van der Waals surface area (Å²) in [5.41, 5.74) is 2.28. The molecule has 0 heterocycles. The summed E-state index contributed by atoms with van der Waals surface area (Å²) < 4.78 is 72.0. The van der Waals surface area contributed by atoms with Crippen molar-refractivity contribution in [1.29, 1.82) is 0 Å². The highest BCUT2D eigenvalue weighted by molar-refractivity contribution is 5.95. The van der Waals surface area contributed by atoms with Gasteiger partial charge in [0.25, 0.3) is 5.91 Å². The van der Waals surface area contributed by atoms with E-state index >= 15 is 0 Å². The molecule has 0 atom stereocenters. The van der Waals surface area contributed by atoms with Crippen LogP contribution in [0.15, 0.2) is 54.6 Å². The summed E-state index contributed by atoms with van der Waals surface area (Å²) in [6.45, 7) is 0. The summed E-state index contributed by atoms with van der Waals surface area (Å²) >= 11 is 0. The molecule has 0 bridgehead atoms. The van der Waals surface area contributed by atoms with Gasteiger partial charge < -0.3 is 4.74 Å². The number of anilines is 1. The fraction of sp³-hybridized carbons (Fsp3) is 0. The molecule has 4 nitrogen and oxygen atoms in total. The minimum atomic E-state index is -2.29. The molecule has 0 aliphatic heterocycles. The zero-order chi connectivity index (χ0) is 20.3. The van der Waals surface area contributed by atoms with Gasteiger partial charge in [-0.25, -0.2) is 22.0 Å². The van der Waals surface area contributed by atoms with Gasteiger partial charge in [0.2, 0.25) is 5.82 Å². The monoisotopic (exact) mass is 394 g/mol. The first-order chi connectivity index (χ1) is 13.4. The molecule has 0 spiro atoms. The van der Waals surface area contributed by atoms with Crippen molar-refractivity contribution in [3.63, 3.8) is 0 Å². The number of hydrogen-bond donors (Lipinski definition) is 2. The average molecular weight is 394 g/mol. The van der Waals surface area contributed by atoms with Crippen LogP contribution in [0.3, 0.4) is 0 Å². The molecule has 0 unspecified atom stereocenters. The number of hydrogen-bond acceptors (Lipinski definition) is 3. The van der Waals surface area contributed by atoms with E-state index in [0.29, 0.717) is 11.5 Å². The van der Waals surface area contributed by atoms with Crippen LogP contribution in [0.1, 0.15) is 10.4 Å². The summed E-state index contributed by atoms with van der Waals surface area (Å²) in [5.74, 6) is -10.6. The normalized spacial score (nSPS) is 10.5. The van der Waals surface area contributed by atoms with Crippen LogP contribution in [0, 0.1) is 29.1 Å². The largest absolute Gasteiger partial charge is 0.457 e. The Balaban J connectivity index is 1.69. The summed E-state index contributed by atoms with van der Waals surface area (Å²) in [6.07, 6.45) is 0. The highest BCUT2D eigenvalue weighted by Crippen LogP contribution is 2.26. The zero-order valence-electron chi connectivity index (χ0n) is 13.9. The molecule has 0 aliphatic carbocycles. The number of amides is 1. The lowest BCUT2D eigenvalue weighted by Gasteiger charge is -2.12. The van der Waals surface area contributed by atoms with Gasteiger partial charge in [-0.15, -0.1) is 0 Å². The predicted octanol–water partition coefficient (Wildman–Crippen LogP) is 4.93. The highest BCUT2D eigenvalue weighted by atomic mass is 19.2. The summed E-state index contributed by atoms with van der Waals surface area (Å²) in [7, 11) is 0. The third kappa shape index (κ3) is 3.88. The van der Waals surface area contributed by atoms with Crippen LogP contribution in [-0.2, 0) is 0 Å². The third-order valence-electron chi connectivity index (χ3n) is 3.61. The summed E-state index contributed by atoms with van der Waals surface area (Å²) in [4.78, 5) is 12.0. The Kier molecular flexibility index (Phi) is 5.44. The number of ether oxygens (including phenoxy) is 1. The van der Waals surface area contributed by atoms with E-state index in [1.807, 2.05) is 11.5 Å². The van der Waals surface area contributed by atoms with Gasteiger partial charge in [0, 0.05) is 5.56 Å². The maximum absolute atomic E-state index is 13.6. The van der Waals surface area contributed by atoms with E-state index in [-0.39, 0.29) is 5.56 Å². The maximum atomic E-state index is 13.6. The van der Waals surface area contributed by atoms with Gasteiger partial charge in [0.15, 0.2) is 23.3 Å². The summed E-state index contributed by atoms with van der Waals surface area (Å²) in [6, 6.07) is 14.5.